The van der Waals surface area contributed by atoms with Gasteiger partial charge in [-0.05, 0) is 36.6 Å². The van der Waals surface area contributed by atoms with Gasteiger partial charge in [0.1, 0.15) is 5.82 Å². The quantitative estimate of drug-likeness (QED) is 0.462. The summed E-state index contributed by atoms with van der Waals surface area (Å²) >= 11 is 6.52. The number of alkyl halides is 3. The minimum absolute atomic E-state index is 0.121. The second-order valence-corrected chi connectivity index (χ2v) is 10.7. The van der Waals surface area contributed by atoms with Gasteiger partial charge < -0.3 is 20.3 Å². The van der Waals surface area contributed by atoms with Gasteiger partial charge in [0.05, 0.1) is 35.4 Å². The van der Waals surface area contributed by atoms with Crippen molar-refractivity contribution in [3.8, 4) is 0 Å². The van der Waals surface area contributed by atoms with E-state index in [0.717, 1.165) is 31.9 Å². The van der Waals surface area contributed by atoms with Crippen LogP contribution in [-0.4, -0.2) is 84.3 Å². The summed E-state index contributed by atoms with van der Waals surface area (Å²) in [6, 6.07) is 7.28. The van der Waals surface area contributed by atoms with E-state index in [1.54, 1.807) is 6.07 Å². The molecule has 3 unspecified atom stereocenters. The molecular formula is C27H29ClF3N7O2. The van der Waals surface area contributed by atoms with Crippen LogP contribution in [-0.2, 0) is 10.9 Å². The zero-order chi connectivity index (χ0) is 27.9. The summed E-state index contributed by atoms with van der Waals surface area (Å²) in [6.07, 6.45) is -1.17. The predicted molar refractivity (Wildman–Crippen MR) is 143 cm³/mol. The van der Waals surface area contributed by atoms with E-state index >= 15 is 0 Å². The molecule has 9 nitrogen and oxygen atoms in total. The van der Waals surface area contributed by atoms with Gasteiger partial charge >= 0.3 is 6.18 Å². The van der Waals surface area contributed by atoms with Crippen LogP contribution in [0.25, 0.3) is 10.9 Å². The number of carbonyl (C=O) groups is 1. The second-order valence-electron chi connectivity index (χ2n) is 10.3. The topological polar surface area (TPSA) is 95.5 Å². The van der Waals surface area contributed by atoms with Gasteiger partial charge in [-0.1, -0.05) is 11.6 Å². The molecule has 3 fully saturated rings. The molecule has 1 amide bonds. The Kier molecular flexibility index (Phi) is 7.51. The molecule has 212 valence electrons. The van der Waals surface area contributed by atoms with Gasteiger partial charge in [-0.25, -0.2) is 15.0 Å². The first-order valence-electron chi connectivity index (χ1n) is 13.4. The highest BCUT2D eigenvalue weighted by molar-refractivity contribution is 6.35. The van der Waals surface area contributed by atoms with E-state index < -0.39 is 23.9 Å². The average Bonchev–Trinajstić information content (AvgIpc) is 3.58. The first-order valence-corrected chi connectivity index (χ1v) is 13.7. The second kappa shape index (κ2) is 11.1. The minimum atomic E-state index is -4.63. The number of anilines is 1. The maximum absolute atomic E-state index is 13.5. The molecular weight excluding hydrogens is 547 g/mol. The lowest BCUT2D eigenvalue weighted by Crippen LogP contribution is -2.44. The molecule has 5 heterocycles. The fourth-order valence-corrected chi connectivity index (χ4v) is 6.22. The minimum Gasteiger partial charge on any atom is -0.379 e. The third-order valence-corrected chi connectivity index (χ3v) is 8.34. The molecule has 3 atom stereocenters. The Morgan fingerprint density at radius 2 is 1.90 bits per heavy atom. The van der Waals surface area contributed by atoms with Crippen molar-refractivity contribution in [1.82, 2.24) is 30.5 Å². The van der Waals surface area contributed by atoms with Crippen LogP contribution in [0.5, 0.6) is 0 Å². The number of amides is 1. The normalized spacial score (nSPS) is 22.4. The third kappa shape index (κ3) is 5.32. The summed E-state index contributed by atoms with van der Waals surface area (Å²) in [5.74, 6) is -0.0906. The Hall–Kier alpha value is -3.06. The zero-order valence-electron chi connectivity index (χ0n) is 21.6. The molecule has 3 aromatic rings. The number of nitrogens with zero attached hydrogens (tertiary/aromatic N) is 5. The molecule has 2 N–H and O–H groups in total. The number of hydrogen-bond donors (Lipinski definition) is 2. The monoisotopic (exact) mass is 575 g/mol. The Morgan fingerprint density at radius 3 is 2.65 bits per heavy atom. The molecule has 13 heteroatoms. The standard InChI is InChI=1S/C27H29ClF3N7O2/c28-19-2-3-20-18(1-4-23(36-20)38-6-5-16-11-32-14-22(16)38)24(19)25(39)33-15-21(37-7-9-40-10-8-37)17-12-34-26(35-13-17)27(29,30)31/h1-4,12-13,16,21-22,32H,5-11,14-15H2,(H,33,39). The molecule has 3 aliphatic rings. The van der Waals surface area contributed by atoms with Gasteiger partial charge in [0, 0.05) is 68.7 Å². The number of pyridine rings is 1. The molecule has 0 aliphatic carbocycles. The highest BCUT2D eigenvalue weighted by Gasteiger charge is 2.38. The number of aromatic nitrogens is 3. The van der Waals surface area contributed by atoms with Gasteiger partial charge in [-0.2, -0.15) is 13.2 Å². The molecule has 1 aromatic carbocycles. The summed E-state index contributed by atoms with van der Waals surface area (Å²) in [6.45, 7) is 5.09. The highest BCUT2D eigenvalue weighted by Crippen LogP contribution is 2.34. The fourth-order valence-electron chi connectivity index (χ4n) is 5.97. The first kappa shape index (κ1) is 27.1. The van der Waals surface area contributed by atoms with Crippen molar-refractivity contribution < 1.29 is 22.7 Å². The lowest BCUT2D eigenvalue weighted by Gasteiger charge is -2.34. The molecule has 40 heavy (non-hydrogen) atoms. The van der Waals surface area contributed by atoms with Crippen LogP contribution < -0.4 is 15.5 Å². The maximum Gasteiger partial charge on any atom is 0.451 e. The number of morpholine rings is 1. The molecule has 2 aromatic heterocycles. The van der Waals surface area contributed by atoms with E-state index in [-0.39, 0.29) is 6.54 Å². The van der Waals surface area contributed by atoms with Crippen molar-refractivity contribution in [3.63, 3.8) is 0 Å². The smallest absolute Gasteiger partial charge is 0.379 e. The van der Waals surface area contributed by atoms with Crippen molar-refractivity contribution >= 4 is 34.2 Å². The molecule has 0 radical (unpaired) electrons. The van der Waals surface area contributed by atoms with Crippen LogP contribution in [0.4, 0.5) is 19.0 Å². The van der Waals surface area contributed by atoms with E-state index in [1.165, 1.54) is 12.4 Å². The van der Waals surface area contributed by atoms with E-state index in [2.05, 4.69) is 25.5 Å². The van der Waals surface area contributed by atoms with Crippen molar-refractivity contribution in [2.45, 2.75) is 24.7 Å². The number of fused-ring (bicyclic) bond motifs is 2. The largest absolute Gasteiger partial charge is 0.451 e. The van der Waals surface area contributed by atoms with Crippen LogP contribution in [0.15, 0.2) is 36.7 Å². The van der Waals surface area contributed by atoms with Crippen molar-refractivity contribution in [3.05, 3.63) is 58.6 Å². The molecule has 6 rings (SSSR count). The van der Waals surface area contributed by atoms with Crippen molar-refractivity contribution in [2.75, 3.05) is 57.4 Å². The lowest BCUT2D eigenvalue weighted by atomic mass is 10.0. The van der Waals surface area contributed by atoms with Crippen LogP contribution >= 0.6 is 11.6 Å². The molecule has 3 aliphatic heterocycles. The number of benzene rings is 1. The number of nitrogens with one attached hydrogen (secondary N) is 2. The van der Waals surface area contributed by atoms with Gasteiger partial charge in [0.25, 0.3) is 5.91 Å². The number of carbonyl (C=O) groups excluding carboxylic acids is 1. The Labute approximate surface area is 234 Å². The maximum atomic E-state index is 13.5. The molecule has 0 saturated carbocycles. The SMILES string of the molecule is O=C(NCC(c1cnc(C(F)(F)F)nc1)N1CCOCC1)c1c(Cl)ccc2nc(N3CCC4CNCC43)ccc12. The molecule has 0 bridgehead atoms. The van der Waals surface area contributed by atoms with Crippen LogP contribution in [0, 0.1) is 5.92 Å². The molecule has 0 spiro atoms. The predicted octanol–water partition coefficient (Wildman–Crippen LogP) is 3.30. The summed E-state index contributed by atoms with van der Waals surface area (Å²) < 4.78 is 44.5. The van der Waals surface area contributed by atoms with E-state index in [9.17, 15) is 18.0 Å². The number of ether oxygens (including phenoxy) is 1. The summed E-state index contributed by atoms with van der Waals surface area (Å²) in [5.41, 5.74) is 1.45. The Morgan fingerprint density at radius 1 is 1.12 bits per heavy atom. The fraction of sp³-hybridized carbons (Fsp3) is 0.481. The third-order valence-electron chi connectivity index (χ3n) is 8.02. The average molecular weight is 576 g/mol. The van der Waals surface area contributed by atoms with E-state index in [0.29, 0.717) is 65.3 Å². The molecule has 3 saturated heterocycles. The van der Waals surface area contributed by atoms with E-state index in [4.69, 9.17) is 21.3 Å². The van der Waals surface area contributed by atoms with Gasteiger partial charge in [-0.3, -0.25) is 9.69 Å². The Bertz CT molecular complexity index is 1390. The summed E-state index contributed by atoms with van der Waals surface area (Å²) in [5, 5.41) is 7.32. The van der Waals surface area contributed by atoms with E-state index in [1.807, 2.05) is 23.1 Å². The Balaban J connectivity index is 1.24. The first-order chi connectivity index (χ1) is 19.3. The number of halogens is 4. The number of rotatable bonds is 6. The van der Waals surface area contributed by atoms with Crippen molar-refractivity contribution in [1.29, 1.82) is 0 Å². The highest BCUT2D eigenvalue weighted by atomic mass is 35.5. The van der Waals surface area contributed by atoms with Crippen molar-refractivity contribution in [2.24, 2.45) is 5.92 Å². The van der Waals surface area contributed by atoms with Gasteiger partial charge in [0.2, 0.25) is 5.82 Å². The van der Waals surface area contributed by atoms with Crippen LogP contribution in [0.2, 0.25) is 5.02 Å². The lowest BCUT2D eigenvalue weighted by molar-refractivity contribution is -0.145. The number of hydrogen-bond acceptors (Lipinski definition) is 8. The summed E-state index contributed by atoms with van der Waals surface area (Å²) in [7, 11) is 0. The van der Waals surface area contributed by atoms with Crippen LogP contribution in [0.1, 0.15) is 34.2 Å². The van der Waals surface area contributed by atoms with Gasteiger partial charge in [-0.15, -0.1) is 0 Å². The van der Waals surface area contributed by atoms with Crippen LogP contribution in [0.3, 0.4) is 0 Å². The van der Waals surface area contributed by atoms with Gasteiger partial charge in [0.15, 0.2) is 0 Å². The summed E-state index contributed by atoms with van der Waals surface area (Å²) in [4.78, 5) is 29.8. The zero-order valence-corrected chi connectivity index (χ0v) is 22.4.